The molecule has 1 aromatic carbocycles. The number of aliphatic hydroxyl groups excluding tert-OH is 1. The summed E-state index contributed by atoms with van der Waals surface area (Å²) < 4.78 is 0. The van der Waals surface area contributed by atoms with Crippen molar-refractivity contribution in [2.75, 3.05) is 12.4 Å². The van der Waals surface area contributed by atoms with Gasteiger partial charge in [-0.1, -0.05) is 19.1 Å². The third kappa shape index (κ3) is 3.86. The van der Waals surface area contributed by atoms with Crippen LogP contribution < -0.4 is 5.73 Å². The van der Waals surface area contributed by atoms with Crippen LogP contribution in [0.4, 0.5) is 0 Å². The number of benzene rings is 1. The minimum Gasteiger partial charge on any atom is -0.396 e. The van der Waals surface area contributed by atoms with E-state index in [4.69, 9.17) is 10.8 Å². The third-order valence-electron chi connectivity index (χ3n) is 2.31. The van der Waals surface area contributed by atoms with E-state index in [1.807, 2.05) is 0 Å². The van der Waals surface area contributed by atoms with Gasteiger partial charge in [-0.3, -0.25) is 0 Å². The number of aryl methyl sites for hydroxylation is 1. The van der Waals surface area contributed by atoms with Crippen LogP contribution in [0.3, 0.4) is 0 Å². The normalized spacial score (nSPS) is 12.8. The summed E-state index contributed by atoms with van der Waals surface area (Å²) in [5, 5.41) is 8.93. The molecule has 0 radical (unpaired) electrons. The van der Waals surface area contributed by atoms with Crippen LogP contribution in [0, 0.1) is 12.8 Å². The van der Waals surface area contributed by atoms with Crippen molar-refractivity contribution >= 4 is 11.8 Å². The summed E-state index contributed by atoms with van der Waals surface area (Å²) in [6, 6.07) is 6.32. The fourth-order valence-electron chi connectivity index (χ4n) is 1.29. The van der Waals surface area contributed by atoms with Crippen LogP contribution in [0.5, 0.6) is 0 Å². The average Bonchev–Trinajstić information content (AvgIpc) is 2.26. The summed E-state index contributed by atoms with van der Waals surface area (Å²) in [5.41, 5.74) is 8.02. The first-order valence-corrected chi connectivity index (χ1v) is 6.19. The molecule has 1 aromatic rings. The van der Waals surface area contributed by atoms with Crippen molar-refractivity contribution in [1.82, 2.24) is 0 Å². The van der Waals surface area contributed by atoms with E-state index in [1.54, 1.807) is 11.8 Å². The van der Waals surface area contributed by atoms with Gasteiger partial charge in [-0.05, 0) is 30.0 Å². The molecule has 0 heterocycles. The molecule has 0 saturated heterocycles. The Labute approximate surface area is 95.9 Å². The molecular weight excluding hydrogens is 206 g/mol. The quantitative estimate of drug-likeness (QED) is 0.755. The second-order valence-corrected chi connectivity index (χ2v) is 4.96. The van der Waals surface area contributed by atoms with Gasteiger partial charge in [0.1, 0.15) is 0 Å². The fourth-order valence-corrected chi connectivity index (χ4v) is 2.31. The van der Waals surface area contributed by atoms with Gasteiger partial charge in [-0.2, -0.15) is 0 Å². The second kappa shape index (κ2) is 6.16. The van der Waals surface area contributed by atoms with Crippen LogP contribution >= 0.6 is 11.8 Å². The Hall–Kier alpha value is -0.510. The number of thioether (sulfide) groups is 1. The van der Waals surface area contributed by atoms with Crippen molar-refractivity contribution < 1.29 is 5.11 Å². The Bertz CT molecular complexity index is 314. The van der Waals surface area contributed by atoms with Gasteiger partial charge in [-0.15, -0.1) is 11.8 Å². The standard InChI is InChI=1S/C12H19NOS/c1-9(7-14)8-15-12-4-3-11(6-13)5-10(12)2/h3-5,9,14H,6-8,13H2,1-2H3. The first kappa shape index (κ1) is 12.6. The average molecular weight is 225 g/mol. The lowest BCUT2D eigenvalue weighted by Crippen LogP contribution is -2.03. The SMILES string of the molecule is Cc1cc(CN)ccc1SCC(C)CO. The van der Waals surface area contributed by atoms with Gasteiger partial charge in [0.2, 0.25) is 0 Å². The predicted octanol–water partition coefficient (Wildman–Crippen LogP) is 2.17. The molecule has 0 fully saturated rings. The summed E-state index contributed by atoms with van der Waals surface area (Å²) >= 11 is 1.80. The van der Waals surface area contributed by atoms with E-state index < -0.39 is 0 Å². The highest BCUT2D eigenvalue weighted by molar-refractivity contribution is 7.99. The minimum absolute atomic E-state index is 0.257. The highest BCUT2D eigenvalue weighted by atomic mass is 32.2. The van der Waals surface area contributed by atoms with Gasteiger partial charge in [0.25, 0.3) is 0 Å². The molecule has 2 nitrogen and oxygen atoms in total. The monoisotopic (exact) mass is 225 g/mol. The van der Waals surface area contributed by atoms with Crippen molar-refractivity contribution in [2.24, 2.45) is 11.7 Å². The molecule has 1 rings (SSSR count). The Morgan fingerprint density at radius 3 is 2.73 bits per heavy atom. The van der Waals surface area contributed by atoms with Crippen LogP contribution in [-0.2, 0) is 6.54 Å². The molecule has 0 aromatic heterocycles. The zero-order chi connectivity index (χ0) is 11.3. The predicted molar refractivity (Wildman–Crippen MR) is 66.0 cm³/mol. The minimum atomic E-state index is 0.257. The highest BCUT2D eigenvalue weighted by Crippen LogP contribution is 2.25. The zero-order valence-electron chi connectivity index (χ0n) is 9.36. The Kier molecular flexibility index (Phi) is 5.15. The molecule has 0 bridgehead atoms. The Morgan fingerprint density at radius 2 is 2.20 bits per heavy atom. The van der Waals surface area contributed by atoms with E-state index in [0.717, 1.165) is 5.75 Å². The maximum atomic E-state index is 8.93. The van der Waals surface area contributed by atoms with Crippen LogP contribution in [0.25, 0.3) is 0 Å². The molecule has 3 N–H and O–H groups in total. The van der Waals surface area contributed by atoms with Gasteiger partial charge in [0, 0.05) is 23.8 Å². The lowest BCUT2D eigenvalue weighted by Gasteiger charge is -2.10. The summed E-state index contributed by atoms with van der Waals surface area (Å²) in [6.45, 7) is 5.01. The molecule has 0 aliphatic heterocycles. The Balaban J connectivity index is 2.62. The molecule has 0 amide bonds. The van der Waals surface area contributed by atoms with Crippen LogP contribution in [0.1, 0.15) is 18.1 Å². The first-order valence-electron chi connectivity index (χ1n) is 5.20. The third-order valence-corrected chi connectivity index (χ3v) is 3.81. The summed E-state index contributed by atoms with van der Waals surface area (Å²) in [4.78, 5) is 1.28. The number of aliphatic hydroxyl groups is 1. The van der Waals surface area contributed by atoms with Crippen LogP contribution in [-0.4, -0.2) is 17.5 Å². The van der Waals surface area contributed by atoms with Crippen molar-refractivity contribution in [3.05, 3.63) is 29.3 Å². The van der Waals surface area contributed by atoms with E-state index in [2.05, 4.69) is 32.0 Å². The van der Waals surface area contributed by atoms with E-state index in [-0.39, 0.29) is 6.61 Å². The van der Waals surface area contributed by atoms with Crippen molar-refractivity contribution in [3.8, 4) is 0 Å². The lowest BCUT2D eigenvalue weighted by molar-refractivity contribution is 0.250. The van der Waals surface area contributed by atoms with E-state index >= 15 is 0 Å². The molecule has 0 aliphatic carbocycles. The van der Waals surface area contributed by atoms with Crippen molar-refractivity contribution in [1.29, 1.82) is 0 Å². The lowest BCUT2D eigenvalue weighted by atomic mass is 10.1. The molecule has 84 valence electrons. The molecule has 1 atom stereocenters. The van der Waals surface area contributed by atoms with Crippen LogP contribution in [0.2, 0.25) is 0 Å². The van der Waals surface area contributed by atoms with Gasteiger partial charge < -0.3 is 10.8 Å². The number of hydrogen-bond donors (Lipinski definition) is 2. The summed E-state index contributed by atoms with van der Waals surface area (Å²) in [7, 11) is 0. The van der Waals surface area contributed by atoms with Gasteiger partial charge in [0.05, 0.1) is 0 Å². The highest BCUT2D eigenvalue weighted by Gasteiger charge is 2.04. The maximum absolute atomic E-state index is 8.93. The smallest absolute Gasteiger partial charge is 0.0464 e. The van der Waals surface area contributed by atoms with E-state index in [1.165, 1.54) is 16.0 Å². The largest absolute Gasteiger partial charge is 0.396 e. The number of rotatable bonds is 5. The van der Waals surface area contributed by atoms with Crippen molar-refractivity contribution in [2.45, 2.75) is 25.3 Å². The van der Waals surface area contributed by atoms with Crippen LogP contribution in [0.15, 0.2) is 23.1 Å². The molecule has 15 heavy (non-hydrogen) atoms. The number of hydrogen-bond acceptors (Lipinski definition) is 3. The topological polar surface area (TPSA) is 46.2 Å². The molecule has 1 unspecified atom stereocenters. The first-order chi connectivity index (χ1) is 7.17. The Morgan fingerprint density at radius 1 is 1.47 bits per heavy atom. The van der Waals surface area contributed by atoms with Gasteiger partial charge in [-0.25, -0.2) is 0 Å². The summed E-state index contributed by atoms with van der Waals surface area (Å²) in [6.07, 6.45) is 0. The zero-order valence-corrected chi connectivity index (χ0v) is 10.2. The van der Waals surface area contributed by atoms with E-state index in [0.29, 0.717) is 12.5 Å². The fraction of sp³-hybridized carbons (Fsp3) is 0.500. The molecule has 0 spiro atoms. The van der Waals surface area contributed by atoms with Crippen molar-refractivity contribution in [3.63, 3.8) is 0 Å². The maximum Gasteiger partial charge on any atom is 0.0464 e. The second-order valence-electron chi connectivity index (χ2n) is 3.90. The van der Waals surface area contributed by atoms with Gasteiger partial charge in [0.15, 0.2) is 0 Å². The molecule has 0 saturated carbocycles. The number of nitrogens with two attached hydrogens (primary N) is 1. The molecular formula is C12H19NOS. The van der Waals surface area contributed by atoms with E-state index in [9.17, 15) is 0 Å². The van der Waals surface area contributed by atoms with Gasteiger partial charge >= 0.3 is 0 Å². The molecule has 0 aliphatic rings. The molecule has 3 heteroatoms. The summed E-state index contributed by atoms with van der Waals surface area (Å²) in [5.74, 6) is 1.31.